The first kappa shape index (κ1) is 10.5. The van der Waals surface area contributed by atoms with Gasteiger partial charge in [0.25, 0.3) is 0 Å². The van der Waals surface area contributed by atoms with Crippen molar-refractivity contribution in [1.82, 2.24) is 10.2 Å². The van der Waals surface area contributed by atoms with E-state index in [1.165, 1.54) is 0 Å². The van der Waals surface area contributed by atoms with Crippen molar-refractivity contribution in [3.63, 3.8) is 0 Å². The maximum Gasteiger partial charge on any atom is 0.226 e. The van der Waals surface area contributed by atoms with E-state index in [0.29, 0.717) is 0 Å². The number of nitrogens with one attached hydrogen (secondary N) is 1. The molecule has 0 unspecified atom stereocenters. The Morgan fingerprint density at radius 1 is 1.46 bits per heavy atom. The Morgan fingerprint density at radius 2 is 2.00 bits per heavy atom. The lowest BCUT2D eigenvalue weighted by Gasteiger charge is -2.36. The molecule has 0 spiro atoms. The highest BCUT2D eigenvalue weighted by atomic mass is 16.2. The topological polar surface area (TPSA) is 32.3 Å². The SMILES string of the molecule is CCNC(=O)C1(C)CCN(C)CC1. The first-order valence-corrected chi connectivity index (χ1v) is 5.05. The van der Waals surface area contributed by atoms with Gasteiger partial charge in [-0.25, -0.2) is 0 Å². The molecule has 76 valence electrons. The van der Waals surface area contributed by atoms with Gasteiger partial charge in [-0.1, -0.05) is 6.92 Å². The molecule has 0 aromatic heterocycles. The Bertz CT molecular complexity index is 183. The summed E-state index contributed by atoms with van der Waals surface area (Å²) in [7, 11) is 2.11. The van der Waals surface area contributed by atoms with Crippen molar-refractivity contribution in [3.8, 4) is 0 Å². The Hall–Kier alpha value is -0.570. The molecule has 0 radical (unpaired) electrons. The fourth-order valence-electron chi connectivity index (χ4n) is 1.71. The number of piperidine rings is 1. The smallest absolute Gasteiger partial charge is 0.226 e. The van der Waals surface area contributed by atoms with Crippen molar-refractivity contribution in [2.24, 2.45) is 5.41 Å². The van der Waals surface area contributed by atoms with Crippen molar-refractivity contribution in [3.05, 3.63) is 0 Å². The number of amides is 1. The number of carbonyl (C=O) groups excluding carboxylic acids is 1. The van der Waals surface area contributed by atoms with E-state index in [2.05, 4.69) is 24.2 Å². The fraction of sp³-hybridized carbons (Fsp3) is 0.900. The van der Waals surface area contributed by atoms with Gasteiger partial charge in [0.1, 0.15) is 0 Å². The molecule has 3 heteroatoms. The second-order valence-electron chi connectivity index (χ2n) is 4.22. The average Bonchev–Trinajstić information content (AvgIpc) is 2.11. The van der Waals surface area contributed by atoms with E-state index in [9.17, 15) is 4.79 Å². The Kier molecular flexibility index (Phi) is 3.31. The third-order valence-electron chi connectivity index (χ3n) is 2.98. The van der Waals surface area contributed by atoms with Crippen LogP contribution in [0.25, 0.3) is 0 Å². The molecular weight excluding hydrogens is 164 g/mol. The molecule has 0 aromatic carbocycles. The van der Waals surface area contributed by atoms with Crippen LogP contribution < -0.4 is 5.32 Å². The maximum atomic E-state index is 11.7. The summed E-state index contributed by atoms with van der Waals surface area (Å²) in [6, 6.07) is 0. The van der Waals surface area contributed by atoms with Crippen LogP contribution >= 0.6 is 0 Å². The largest absolute Gasteiger partial charge is 0.356 e. The molecule has 1 saturated heterocycles. The van der Waals surface area contributed by atoms with E-state index in [1.807, 2.05) is 6.92 Å². The molecule has 0 aromatic rings. The summed E-state index contributed by atoms with van der Waals surface area (Å²) in [5.41, 5.74) is -0.122. The van der Waals surface area contributed by atoms with Gasteiger partial charge in [-0.2, -0.15) is 0 Å². The third-order valence-corrected chi connectivity index (χ3v) is 2.98. The van der Waals surface area contributed by atoms with Crippen molar-refractivity contribution >= 4 is 5.91 Å². The van der Waals surface area contributed by atoms with Crippen LogP contribution in [0.4, 0.5) is 0 Å². The summed E-state index contributed by atoms with van der Waals surface area (Å²) in [6.07, 6.45) is 1.96. The van der Waals surface area contributed by atoms with Crippen LogP contribution in [0.15, 0.2) is 0 Å². The van der Waals surface area contributed by atoms with E-state index in [0.717, 1.165) is 32.5 Å². The molecule has 0 bridgehead atoms. The molecule has 1 fully saturated rings. The first-order chi connectivity index (χ1) is 6.08. The van der Waals surface area contributed by atoms with Gasteiger partial charge >= 0.3 is 0 Å². The van der Waals surface area contributed by atoms with Gasteiger partial charge in [0.2, 0.25) is 5.91 Å². The summed E-state index contributed by atoms with van der Waals surface area (Å²) in [5, 5.41) is 2.91. The molecule has 0 aliphatic carbocycles. The van der Waals surface area contributed by atoms with Crippen LogP contribution in [0, 0.1) is 5.41 Å². The van der Waals surface area contributed by atoms with Crippen molar-refractivity contribution in [2.45, 2.75) is 26.7 Å². The van der Waals surface area contributed by atoms with Gasteiger partial charge in [0, 0.05) is 12.0 Å². The zero-order valence-corrected chi connectivity index (χ0v) is 8.89. The molecular formula is C10H20N2O. The summed E-state index contributed by atoms with van der Waals surface area (Å²) in [4.78, 5) is 14.0. The molecule has 1 amide bonds. The third kappa shape index (κ3) is 2.44. The molecule has 0 atom stereocenters. The normalized spacial score (nSPS) is 22.7. The highest BCUT2D eigenvalue weighted by Gasteiger charge is 2.35. The van der Waals surface area contributed by atoms with E-state index < -0.39 is 0 Å². The maximum absolute atomic E-state index is 11.7. The highest BCUT2D eigenvalue weighted by molar-refractivity contribution is 5.82. The summed E-state index contributed by atoms with van der Waals surface area (Å²) >= 11 is 0. The van der Waals surface area contributed by atoms with Crippen molar-refractivity contribution in [1.29, 1.82) is 0 Å². The van der Waals surface area contributed by atoms with Crippen molar-refractivity contribution < 1.29 is 4.79 Å². The van der Waals surface area contributed by atoms with E-state index >= 15 is 0 Å². The number of likely N-dealkylation sites (tertiary alicyclic amines) is 1. The van der Waals surface area contributed by atoms with Gasteiger partial charge in [-0.3, -0.25) is 4.79 Å². The van der Waals surface area contributed by atoms with Crippen LogP contribution in [0.2, 0.25) is 0 Å². The van der Waals surface area contributed by atoms with Gasteiger partial charge < -0.3 is 10.2 Å². The average molecular weight is 184 g/mol. The van der Waals surface area contributed by atoms with Gasteiger partial charge in [-0.05, 0) is 39.9 Å². The molecule has 13 heavy (non-hydrogen) atoms. The number of rotatable bonds is 2. The monoisotopic (exact) mass is 184 g/mol. The molecule has 1 rings (SSSR count). The molecule has 1 aliphatic heterocycles. The number of carbonyl (C=O) groups is 1. The quantitative estimate of drug-likeness (QED) is 0.690. The van der Waals surface area contributed by atoms with Crippen LogP contribution in [-0.2, 0) is 4.79 Å². The van der Waals surface area contributed by atoms with Crippen LogP contribution in [0.3, 0.4) is 0 Å². The lowest BCUT2D eigenvalue weighted by molar-refractivity contribution is -0.132. The lowest BCUT2D eigenvalue weighted by atomic mass is 9.79. The second kappa shape index (κ2) is 4.09. The van der Waals surface area contributed by atoms with Gasteiger partial charge in [0.15, 0.2) is 0 Å². The summed E-state index contributed by atoms with van der Waals surface area (Å²) < 4.78 is 0. The Balaban J connectivity index is 2.51. The zero-order valence-electron chi connectivity index (χ0n) is 8.89. The van der Waals surface area contributed by atoms with Crippen LogP contribution in [-0.4, -0.2) is 37.5 Å². The number of hydrogen-bond donors (Lipinski definition) is 1. The Labute approximate surface area is 80.5 Å². The van der Waals surface area contributed by atoms with Gasteiger partial charge in [0.05, 0.1) is 0 Å². The lowest BCUT2D eigenvalue weighted by Crippen LogP contribution is -2.46. The summed E-state index contributed by atoms with van der Waals surface area (Å²) in [5.74, 6) is 0.225. The molecule has 1 heterocycles. The Morgan fingerprint density at radius 3 is 2.46 bits per heavy atom. The highest BCUT2D eigenvalue weighted by Crippen LogP contribution is 2.30. The zero-order chi connectivity index (χ0) is 9.90. The molecule has 1 aliphatic rings. The summed E-state index contributed by atoms with van der Waals surface area (Å²) in [6.45, 7) is 6.85. The number of hydrogen-bond acceptors (Lipinski definition) is 2. The minimum Gasteiger partial charge on any atom is -0.356 e. The van der Waals surface area contributed by atoms with E-state index in [4.69, 9.17) is 0 Å². The minimum absolute atomic E-state index is 0.122. The molecule has 0 saturated carbocycles. The predicted octanol–water partition coefficient (Wildman–Crippen LogP) is 0.854. The van der Waals surface area contributed by atoms with Crippen molar-refractivity contribution in [2.75, 3.05) is 26.7 Å². The predicted molar refractivity (Wildman–Crippen MR) is 53.5 cm³/mol. The number of nitrogens with zero attached hydrogens (tertiary/aromatic N) is 1. The van der Waals surface area contributed by atoms with E-state index in [-0.39, 0.29) is 11.3 Å². The van der Waals surface area contributed by atoms with Gasteiger partial charge in [-0.15, -0.1) is 0 Å². The fourth-order valence-corrected chi connectivity index (χ4v) is 1.71. The van der Waals surface area contributed by atoms with Crippen LogP contribution in [0.5, 0.6) is 0 Å². The van der Waals surface area contributed by atoms with E-state index in [1.54, 1.807) is 0 Å². The first-order valence-electron chi connectivity index (χ1n) is 5.05. The second-order valence-corrected chi connectivity index (χ2v) is 4.22. The standard InChI is InChI=1S/C10H20N2O/c1-4-11-9(13)10(2)5-7-12(3)8-6-10/h4-8H2,1-3H3,(H,11,13). The minimum atomic E-state index is -0.122. The van der Waals surface area contributed by atoms with Crippen LogP contribution in [0.1, 0.15) is 26.7 Å². The molecule has 1 N–H and O–H groups in total. The molecule has 3 nitrogen and oxygen atoms in total.